The van der Waals surface area contributed by atoms with Crippen LogP contribution in [0.25, 0.3) is 0 Å². The Labute approximate surface area is 182 Å². The number of carbonyl (C=O) groups is 1. The van der Waals surface area contributed by atoms with Gasteiger partial charge in [-0.3, -0.25) is 14.6 Å². The van der Waals surface area contributed by atoms with Gasteiger partial charge in [0.1, 0.15) is 0 Å². The molecule has 31 heavy (non-hydrogen) atoms. The highest BCUT2D eigenvalue weighted by atomic mass is 16.7. The molecule has 1 saturated carbocycles. The number of aliphatic hydroxyl groups excluding tert-OH is 1. The van der Waals surface area contributed by atoms with Gasteiger partial charge < -0.3 is 19.9 Å². The number of nitrogens with one attached hydrogen (secondary N) is 1. The van der Waals surface area contributed by atoms with Crippen molar-refractivity contribution in [3.8, 4) is 11.5 Å². The van der Waals surface area contributed by atoms with Crippen molar-refractivity contribution in [2.45, 2.75) is 25.5 Å². The third kappa shape index (κ3) is 5.01. The molecule has 0 spiro atoms. The van der Waals surface area contributed by atoms with Crippen molar-refractivity contribution >= 4 is 11.6 Å². The molecule has 0 unspecified atom stereocenters. The Hall–Kier alpha value is -2.61. The molecule has 0 aromatic heterocycles. The molecule has 3 aliphatic rings. The molecule has 2 aromatic rings. The van der Waals surface area contributed by atoms with Gasteiger partial charge in [0.05, 0.1) is 6.10 Å². The van der Waals surface area contributed by atoms with Crippen molar-refractivity contribution < 1.29 is 19.4 Å². The van der Waals surface area contributed by atoms with Crippen LogP contribution in [0.1, 0.15) is 30.1 Å². The average molecular weight is 424 g/mol. The van der Waals surface area contributed by atoms with Crippen LogP contribution >= 0.6 is 0 Å². The zero-order valence-electron chi connectivity index (χ0n) is 17.6. The zero-order valence-corrected chi connectivity index (χ0v) is 17.6. The molecule has 1 amide bonds. The summed E-state index contributed by atoms with van der Waals surface area (Å²) in [6.45, 7) is 5.60. The van der Waals surface area contributed by atoms with Gasteiger partial charge in [-0.2, -0.15) is 0 Å². The lowest BCUT2D eigenvalue weighted by Crippen LogP contribution is -2.47. The summed E-state index contributed by atoms with van der Waals surface area (Å²) in [5, 5.41) is 13.6. The molecular formula is C24H29N3O4. The molecule has 2 aliphatic heterocycles. The number of piperazine rings is 1. The third-order valence-corrected chi connectivity index (χ3v) is 6.25. The molecular weight excluding hydrogens is 394 g/mol. The van der Waals surface area contributed by atoms with Crippen LogP contribution in [0.5, 0.6) is 11.5 Å². The molecule has 2 aromatic carbocycles. The molecule has 1 saturated heterocycles. The molecule has 2 fully saturated rings. The van der Waals surface area contributed by atoms with Crippen molar-refractivity contribution in [3.63, 3.8) is 0 Å². The molecule has 0 bridgehead atoms. The fourth-order valence-corrected chi connectivity index (χ4v) is 4.16. The molecule has 1 atom stereocenters. The molecule has 2 heterocycles. The minimum atomic E-state index is -0.534. The molecule has 5 rings (SSSR count). The van der Waals surface area contributed by atoms with Crippen LogP contribution in [-0.2, 0) is 11.3 Å². The first-order chi connectivity index (χ1) is 15.1. The topological polar surface area (TPSA) is 74.3 Å². The van der Waals surface area contributed by atoms with Crippen LogP contribution in [-0.4, -0.2) is 60.3 Å². The largest absolute Gasteiger partial charge is 0.454 e. The van der Waals surface area contributed by atoms with E-state index in [4.69, 9.17) is 9.47 Å². The summed E-state index contributed by atoms with van der Waals surface area (Å²) < 4.78 is 10.9. The van der Waals surface area contributed by atoms with E-state index in [9.17, 15) is 9.90 Å². The normalized spacial score (nSPS) is 19.9. The number of hydrogen-bond donors (Lipinski definition) is 2. The first-order valence-electron chi connectivity index (χ1n) is 11.1. The molecule has 164 valence electrons. The SMILES string of the molecule is O=C(Nc1ccc([C@@H](O)CN2CCN(Cc3ccc4c(c3)OCO4)CC2)cc1)C1CC1. The second-order valence-electron chi connectivity index (χ2n) is 8.67. The summed E-state index contributed by atoms with van der Waals surface area (Å²) >= 11 is 0. The Morgan fingerprint density at radius 1 is 1.00 bits per heavy atom. The Morgan fingerprint density at radius 3 is 2.45 bits per heavy atom. The number of carbonyl (C=O) groups excluding carboxylic acids is 1. The monoisotopic (exact) mass is 423 g/mol. The predicted octanol–water partition coefficient (Wildman–Crippen LogP) is 2.62. The van der Waals surface area contributed by atoms with Crippen LogP contribution in [0.2, 0.25) is 0 Å². The van der Waals surface area contributed by atoms with Crippen LogP contribution < -0.4 is 14.8 Å². The van der Waals surface area contributed by atoms with Crippen molar-refractivity contribution in [1.29, 1.82) is 0 Å². The van der Waals surface area contributed by atoms with Gasteiger partial charge in [0.25, 0.3) is 0 Å². The fourth-order valence-electron chi connectivity index (χ4n) is 4.16. The van der Waals surface area contributed by atoms with Crippen molar-refractivity contribution in [2.24, 2.45) is 5.92 Å². The van der Waals surface area contributed by atoms with E-state index < -0.39 is 6.10 Å². The first kappa shape index (κ1) is 20.3. The number of aliphatic hydroxyl groups is 1. The number of amides is 1. The number of rotatable bonds is 7. The van der Waals surface area contributed by atoms with Gasteiger partial charge in [-0.15, -0.1) is 0 Å². The van der Waals surface area contributed by atoms with Gasteiger partial charge in [-0.05, 0) is 48.2 Å². The summed E-state index contributed by atoms with van der Waals surface area (Å²) in [5.41, 5.74) is 2.91. The maximum Gasteiger partial charge on any atom is 0.231 e. The first-order valence-corrected chi connectivity index (χ1v) is 11.1. The number of anilines is 1. The van der Waals surface area contributed by atoms with Gasteiger partial charge in [-0.25, -0.2) is 0 Å². The highest BCUT2D eigenvalue weighted by molar-refractivity contribution is 5.94. The van der Waals surface area contributed by atoms with E-state index >= 15 is 0 Å². The number of hydrogen-bond acceptors (Lipinski definition) is 6. The number of β-amino-alcohol motifs (C(OH)–C–C–N with tert-alkyl or cyclic N) is 1. The molecule has 2 N–H and O–H groups in total. The standard InChI is InChI=1S/C24H29N3O4/c28-21(18-4-6-20(7-5-18)25-24(29)19-2-3-19)15-27-11-9-26(10-12-27)14-17-1-8-22-23(13-17)31-16-30-22/h1,4-8,13,19,21,28H,2-3,9-12,14-16H2,(H,25,29)/t21-/m0/s1. The minimum absolute atomic E-state index is 0.104. The highest BCUT2D eigenvalue weighted by Gasteiger charge is 2.29. The van der Waals surface area contributed by atoms with Gasteiger partial charge >= 0.3 is 0 Å². The fraction of sp³-hybridized carbons (Fsp3) is 0.458. The quantitative estimate of drug-likeness (QED) is 0.713. The van der Waals surface area contributed by atoms with Crippen LogP contribution in [0.15, 0.2) is 42.5 Å². The van der Waals surface area contributed by atoms with E-state index in [0.717, 1.165) is 68.3 Å². The van der Waals surface area contributed by atoms with E-state index in [1.165, 1.54) is 5.56 Å². The lowest BCUT2D eigenvalue weighted by atomic mass is 10.1. The summed E-state index contributed by atoms with van der Waals surface area (Å²) in [6.07, 6.45) is 1.45. The summed E-state index contributed by atoms with van der Waals surface area (Å²) in [4.78, 5) is 16.6. The van der Waals surface area contributed by atoms with Gasteiger partial charge in [0.15, 0.2) is 11.5 Å². The van der Waals surface area contributed by atoms with E-state index in [0.29, 0.717) is 13.3 Å². The van der Waals surface area contributed by atoms with Gasteiger partial charge in [0.2, 0.25) is 12.7 Å². The molecule has 7 nitrogen and oxygen atoms in total. The lowest BCUT2D eigenvalue weighted by Gasteiger charge is -2.35. The molecule has 7 heteroatoms. The summed E-state index contributed by atoms with van der Waals surface area (Å²) in [6, 6.07) is 13.7. The third-order valence-electron chi connectivity index (χ3n) is 6.25. The van der Waals surface area contributed by atoms with E-state index in [1.807, 2.05) is 30.3 Å². The van der Waals surface area contributed by atoms with Crippen molar-refractivity contribution in [2.75, 3.05) is 44.8 Å². The van der Waals surface area contributed by atoms with Crippen LogP contribution in [0.4, 0.5) is 5.69 Å². The Bertz CT molecular complexity index is 921. The highest BCUT2D eigenvalue weighted by Crippen LogP contribution is 2.33. The van der Waals surface area contributed by atoms with Crippen LogP contribution in [0, 0.1) is 5.92 Å². The van der Waals surface area contributed by atoms with Gasteiger partial charge in [0, 0.05) is 50.9 Å². The number of fused-ring (bicyclic) bond motifs is 1. The van der Waals surface area contributed by atoms with Crippen molar-refractivity contribution in [3.05, 3.63) is 53.6 Å². The van der Waals surface area contributed by atoms with Crippen LogP contribution in [0.3, 0.4) is 0 Å². The maximum absolute atomic E-state index is 11.9. The number of nitrogens with zero attached hydrogens (tertiary/aromatic N) is 2. The lowest BCUT2D eigenvalue weighted by molar-refractivity contribution is -0.117. The minimum Gasteiger partial charge on any atom is -0.454 e. The summed E-state index contributed by atoms with van der Waals surface area (Å²) in [7, 11) is 0. The van der Waals surface area contributed by atoms with Gasteiger partial charge in [-0.1, -0.05) is 18.2 Å². The second kappa shape index (κ2) is 8.86. The Morgan fingerprint density at radius 2 is 1.71 bits per heavy atom. The second-order valence-corrected chi connectivity index (χ2v) is 8.67. The summed E-state index contributed by atoms with van der Waals surface area (Å²) in [5.74, 6) is 1.94. The number of benzene rings is 2. The zero-order chi connectivity index (χ0) is 21.2. The number of ether oxygens (including phenoxy) is 2. The molecule has 1 aliphatic carbocycles. The maximum atomic E-state index is 11.9. The predicted molar refractivity (Wildman–Crippen MR) is 117 cm³/mol. The van der Waals surface area contributed by atoms with E-state index in [1.54, 1.807) is 0 Å². The van der Waals surface area contributed by atoms with Crippen molar-refractivity contribution in [1.82, 2.24) is 9.80 Å². The Kier molecular flexibility index (Phi) is 5.80. The molecule has 0 radical (unpaired) electrons. The smallest absolute Gasteiger partial charge is 0.231 e. The van der Waals surface area contributed by atoms with E-state index in [2.05, 4.69) is 27.2 Å². The van der Waals surface area contributed by atoms with E-state index in [-0.39, 0.29) is 11.8 Å². The Balaban J connectivity index is 1.08. The average Bonchev–Trinajstić information content (AvgIpc) is 3.54.